The molecule has 0 spiro atoms. The minimum absolute atomic E-state index is 0.120. The Kier molecular flexibility index (Phi) is 7.88. The number of halogens is 1. The Morgan fingerprint density at radius 3 is 2.39 bits per heavy atom. The van der Waals surface area contributed by atoms with E-state index in [1.807, 2.05) is 83.5 Å². The lowest BCUT2D eigenvalue weighted by atomic mass is 9.88. The molecule has 8 heteroatoms. The quantitative estimate of drug-likeness (QED) is 0.245. The minimum Gasteiger partial charge on any atom is -0.457 e. The molecule has 1 saturated carbocycles. The highest BCUT2D eigenvalue weighted by Crippen LogP contribution is 2.35. The molecule has 184 valence electrons. The van der Waals surface area contributed by atoms with E-state index in [1.165, 1.54) is 31.0 Å². The first-order valence-corrected chi connectivity index (χ1v) is 13.5. The lowest BCUT2D eigenvalue weighted by molar-refractivity contribution is -0.113. The van der Waals surface area contributed by atoms with E-state index in [2.05, 4.69) is 5.32 Å². The first kappa shape index (κ1) is 24.4. The Bertz CT molecular complexity index is 1300. The molecular weight excluding hydrogens is 492 g/mol. The number of aromatic nitrogens is 3. The average molecular weight is 519 g/mol. The average Bonchev–Trinajstić information content (AvgIpc) is 3.34. The van der Waals surface area contributed by atoms with Gasteiger partial charge in [0, 0.05) is 11.6 Å². The number of rotatable bonds is 8. The number of nitrogens with one attached hydrogen (secondary N) is 1. The Labute approximate surface area is 220 Å². The number of carbonyl (C=O) groups excluding carboxylic acids is 1. The van der Waals surface area contributed by atoms with Gasteiger partial charge in [-0.2, -0.15) is 0 Å². The zero-order valence-electron chi connectivity index (χ0n) is 19.8. The van der Waals surface area contributed by atoms with Gasteiger partial charge in [0.2, 0.25) is 11.1 Å². The Balaban J connectivity index is 1.23. The third-order valence-electron chi connectivity index (χ3n) is 6.11. The van der Waals surface area contributed by atoms with Gasteiger partial charge in [-0.05, 0) is 61.4 Å². The molecule has 0 unspecified atom stereocenters. The van der Waals surface area contributed by atoms with Crippen molar-refractivity contribution in [2.75, 3.05) is 11.1 Å². The van der Waals surface area contributed by atoms with Crippen LogP contribution in [0.3, 0.4) is 0 Å². The summed E-state index contributed by atoms with van der Waals surface area (Å²) in [5.74, 6) is 2.84. The third-order valence-corrected chi connectivity index (χ3v) is 7.27. The van der Waals surface area contributed by atoms with Gasteiger partial charge in [-0.15, -0.1) is 5.10 Å². The summed E-state index contributed by atoms with van der Waals surface area (Å²) >= 11 is 7.81. The van der Waals surface area contributed by atoms with E-state index in [1.54, 1.807) is 0 Å². The van der Waals surface area contributed by atoms with Crippen LogP contribution in [0.4, 0.5) is 5.69 Å². The van der Waals surface area contributed by atoms with Crippen molar-refractivity contribution in [3.63, 3.8) is 0 Å². The number of anilines is 1. The number of hydrogen-bond donors (Lipinski definition) is 1. The number of nitrogens with zero attached hydrogens (tertiary/aromatic N) is 3. The third kappa shape index (κ3) is 6.09. The van der Waals surface area contributed by atoms with Gasteiger partial charge >= 0.3 is 0 Å². The standard InChI is InChI=1S/C28H27ClN4O2S/c29-24-13-7-8-14-25(24)33-27(20-9-3-1-4-10-20)31-28(32-33)36-19-26(34)30-21-15-17-23(18-16-21)35-22-11-5-2-6-12-22/h2,5-8,11-18,20H,1,3-4,9-10,19H2,(H,30,34). The summed E-state index contributed by atoms with van der Waals surface area (Å²) in [6.07, 6.45) is 5.84. The van der Waals surface area contributed by atoms with Crippen molar-refractivity contribution in [3.8, 4) is 17.2 Å². The molecule has 6 nitrogen and oxygen atoms in total. The van der Waals surface area contributed by atoms with Gasteiger partial charge in [-0.1, -0.05) is 73.0 Å². The highest BCUT2D eigenvalue weighted by Gasteiger charge is 2.24. The van der Waals surface area contributed by atoms with Crippen LogP contribution >= 0.6 is 23.4 Å². The molecular formula is C28H27ClN4O2S. The predicted molar refractivity (Wildman–Crippen MR) is 145 cm³/mol. The van der Waals surface area contributed by atoms with Crippen LogP contribution in [0.15, 0.2) is 84.0 Å². The normalized spacial score (nSPS) is 13.9. The van der Waals surface area contributed by atoms with Crippen molar-refractivity contribution < 1.29 is 9.53 Å². The van der Waals surface area contributed by atoms with Crippen molar-refractivity contribution >= 4 is 35.0 Å². The van der Waals surface area contributed by atoms with E-state index in [9.17, 15) is 4.79 Å². The largest absolute Gasteiger partial charge is 0.457 e. The molecule has 0 bridgehead atoms. The van der Waals surface area contributed by atoms with Crippen LogP contribution in [0, 0.1) is 0 Å². The topological polar surface area (TPSA) is 69.0 Å². The van der Waals surface area contributed by atoms with Gasteiger partial charge < -0.3 is 10.1 Å². The van der Waals surface area contributed by atoms with E-state index in [0.717, 1.165) is 30.1 Å². The number of carbonyl (C=O) groups is 1. The molecule has 0 aliphatic heterocycles. The van der Waals surface area contributed by atoms with E-state index < -0.39 is 0 Å². The molecule has 1 aromatic heterocycles. The number of benzene rings is 3. The van der Waals surface area contributed by atoms with E-state index >= 15 is 0 Å². The first-order valence-electron chi connectivity index (χ1n) is 12.1. The summed E-state index contributed by atoms with van der Waals surface area (Å²) in [5.41, 5.74) is 1.53. The van der Waals surface area contributed by atoms with Gasteiger partial charge in [0.15, 0.2) is 0 Å². The van der Waals surface area contributed by atoms with Crippen LogP contribution in [0.5, 0.6) is 11.5 Å². The maximum Gasteiger partial charge on any atom is 0.234 e. The molecule has 0 saturated heterocycles. The van der Waals surface area contributed by atoms with Crippen molar-refractivity contribution in [3.05, 3.63) is 89.7 Å². The van der Waals surface area contributed by atoms with Crippen LogP contribution in [0.2, 0.25) is 5.02 Å². The fraction of sp³-hybridized carbons (Fsp3) is 0.250. The van der Waals surface area contributed by atoms with Gasteiger partial charge in [0.1, 0.15) is 17.3 Å². The summed E-state index contributed by atoms with van der Waals surface area (Å²) in [6, 6.07) is 24.6. The number of para-hydroxylation sites is 2. The summed E-state index contributed by atoms with van der Waals surface area (Å²) in [6.45, 7) is 0. The number of amides is 1. The molecule has 4 aromatic rings. The fourth-order valence-electron chi connectivity index (χ4n) is 4.35. The maximum absolute atomic E-state index is 12.6. The van der Waals surface area contributed by atoms with Crippen molar-refractivity contribution in [2.45, 2.75) is 43.2 Å². The fourth-order valence-corrected chi connectivity index (χ4v) is 5.20. The van der Waals surface area contributed by atoms with Crippen LogP contribution in [-0.2, 0) is 4.79 Å². The molecule has 3 aromatic carbocycles. The van der Waals surface area contributed by atoms with Crippen LogP contribution < -0.4 is 10.1 Å². The summed E-state index contributed by atoms with van der Waals surface area (Å²) in [4.78, 5) is 17.5. The molecule has 36 heavy (non-hydrogen) atoms. The van der Waals surface area contributed by atoms with E-state index in [0.29, 0.717) is 27.5 Å². The maximum atomic E-state index is 12.6. The Hall–Kier alpha value is -3.29. The van der Waals surface area contributed by atoms with Crippen molar-refractivity contribution in [1.29, 1.82) is 0 Å². The molecule has 5 rings (SSSR count). The Morgan fingerprint density at radius 2 is 1.64 bits per heavy atom. The second-order valence-electron chi connectivity index (χ2n) is 8.73. The molecule has 1 N–H and O–H groups in total. The Morgan fingerprint density at radius 1 is 0.944 bits per heavy atom. The SMILES string of the molecule is O=C(CSc1nc(C2CCCCC2)n(-c2ccccc2Cl)n1)Nc1ccc(Oc2ccccc2)cc1. The van der Waals surface area contributed by atoms with Gasteiger partial charge in [-0.3, -0.25) is 4.79 Å². The summed E-state index contributed by atoms with van der Waals surface area (Å²) in [7, 11) is 0. The lowest BCUT2D eigenvalue weighted by Gasteiger charge is -2.21. The number of thioether (sulfide) groups is 1. The lowest BCUT2D eigenvalue weighted by Crippen LogP contribution is -2.14. The van der Waals surface area contributed by atoms with Gasteiger partial charge in [0.25, 0.3) is 0 Å². The van der Waals surface area contributed by atoms with Gasteiger partial charge in [-0.25, -0.2) is 9.67 Å². The highest BCUT2D eigenvalue weighted by atomic mass is 35.5. The first-order chi connectivity index (χ1) is 17.7. The molecule has 0 radical (unpaired) electrons. The zero-order chi connectivity index (χ0) is 24.7. The predicted octanol–water partition coefficient (Wildman–Crippen LogP) is 7.49. The molecule has 1 aliphatic rings. The monoisotopic (exact) mass is 518 g/mol. The van der Waals surface area contributed by atoms with Crippen LogP contribution in [0.1, 0.15) is 43.8 Å². The van der Waals surface area contributed by atoms with Gasteiger partial charge in [0.05, 0.1) is 16.5 Å². The smallest absolute Gasteiger partial charge is 0.234 e. The van der Waals surface area contributed by atoms with E-state index in [4.69, 9.17) is 26.4 Å². The van der Waals surface area contributed by atoms with Crippen LogP contribution in [-0.4, -0.2) is 26.4 Å². The molecule has 1 amide bonds. The molecule has 1 aliphatic carbocycles. The molecule has 1 heterocycles. The van der Waals surface area contributed by atoms with Crippen molar-refractivity contribution in [1.82, 2.24) is 14.8 Å². The highest BCUT2D eigenvalue weighted by molar-refractivity contribution is 7.99. The summed E-state index contributed by atoms with van der Waals surface area (Å²) < 4.78 is 7.67. The van der Waals surface area contributed by atoms with Crippen molar-refractivity contribution in [2.24, 2.45) is 0 Å². The summed E-state index contributed by atoms with van der Waals surface area (Å²) in [5, 5.41) is 8.88. The van der Waals surface area contributed by atoms with E-state index in [-0.39, 0.29) is 11.7 Å². The zero-order valence-corrected chi connectivity index (χ0v) is 21.3. The molecule has 1 fully saturated rings. The number of ether oxygens (including phenoxy) is 1. The number of hydrogen-bond acceptors (Lipinski definition) is 5. The second-order valence-corrected chi connectivity index (χ2v) is 10.1. The minimum atomic E-state index is -0.120. The second kappa shape index (κ2) is 11.6. The van der Waals surface area contributed by atoms with Crippen LogP contribution in [0.25, 0.3) is 5.69 Å². The molecule has 0 atom stereocenters.